The first-order valence-corrected chi connectivity index (χ1v) is 6.35. The lowest BCUT2D eigenvalue weighted by Gasteiger charge is -2.13. The highest BCUT2D eigenvalue weighted by atomic mass is 19.1. The van der Waals surface area contributed by atoms with Crippen molar-refractivity contribution in [1.29, 1.82) is 0 Å². The molecule has 19 heavy (non-hydrogen) atoms. The minimum absolute atomic E-state index is 0.122. The van der Waals surface area contributed by atoms with E-state index < -0.39 is 6.17 Å². The molecule has 0 N–H and O–H groups in total. The van der Waals surface area contributed by atoms with Crippen LogP contribution in [0.5, 0.6) is 0 Å². The number of benzene rings is 2. The van der Waals surface area contributed by atoms with E-state index in [0.717, 1.165) is 11.1 Å². The highest BCUT2D eigenvalue weighted by molar-refractivity contribution is 6.10. The molecule has 2 rings (SSSR count). The van der Waals surface area contributed by atoms with Crippen LogP contribution in [0.15, 0.2) is 42.5 Å². The molecule has 0 aliphatic heterocycles. The van der Waals surface area contributed by atoms with Crippen LogP contribution < -0.4 is 0 Å². The third-order valence-corrected chi connectivity index (χ3v) is 3.38. The van der Waals surface area contributed by atoms with Gasteiger partial charge in [-0.1, -0.05) is 36.4 Å². The van der Waals surface area contributed by atoms with Crippen molar-refractivity contribution in [3.05, 3.63) is 70.3 Å². The van der Waals surface area contributed by atoms with Crippen molar-refractivity contribution < 1.29 is 9.18 Å². The summed E-state index contributed by atoms with van der Waals surface area (Å²) in [7, 11) is 0. The lowest BCUT2D eigenvalue weighted by molar-refractivity contribution is 0.103. The van der Waals surface area contributed by atoms with Crippen molar-refractivity contribution >= 4 is 5.78 Å². The maximum absolute atomic E-state index is 13.7. The Bertz CT molecular complexity index is 600. The number of halogens is 1. The fraction of sp³-hybridized carbons (Fsp3) is 0.235. The maximum Gasteiger partial charge on any atom is 0.193 e. The Kier molecular flexibility index (Phi) is 3.79. The number of hydrogen-bond acceptors (Lipinski definition) is 1. The van der Waals surface area contributed by atoms with Crippen LogP contribution in [-0.2, 0) is 0 Å². The van der Waals surface area contributed by atoms with Gasteiger partial charge < -0.3 is 0 Å². The summed E-state index contributed by atoms with van der Waals surface area (Å²) >= 11 is 0. The number of rotatable bonds is 3. The minimum atomic E-state index is -1.15. The van der Waals surface area contributed by atoms with Gasteiger partial charge in [-0.3, -0.25) is 4.79 Å². The first-order chi connectivity index (χ1) is 9.00. The number of hydrogen-bond donors (Lipinski definition) is 0. The minimum Gasteiger partial charge on any atom is -0.289 e. The zero-order valence-electron chi connectivity index (χ0n) is 11.4. The predicted molar refractivity (Wildman–Crippen MR) is 75.3 cm³/mol. The van der Waals surface area contributed by atoms with Gasteiger partial charge in [0.25, 0.3) is 0 Å². The first kappa shape index (κ1) is 13.5. The van der Waals surface area contributed by atoms with Crippen molar-refractivity contribution in [2.45, 2.75) is 26.9 Å². The number of alkyl halides is 1. The van der Waals surface area contributed by atoms with Crippen LogP contribution in [0.1, 0.15) is 45.7 Å². The van der Waals surface area contributed by atoms with Gasteiger partial charge in [0.15, 0.2) is 5.78 Å². The van der Waals surface area contributed by atoms with Crippen molar-refractivity contribution in [3.63, 3.8) is 0 Å². The summed E-state index contributed by atoms with van der Waals surface area (Å²) in [6, 6.07) is 12.6. The van der Waals surface area contributed by atoms with Crippen LogP contribution in [0.2, 0.25) is 0 Å². The topological polar surface area (TPSA) is 17.1 Å². The van der Waals surface area contributed by atoms with E-state index in [2.05, 4.69) is 0 Å². The SMILES string of the molecule is Cc1cc(C(=O)c2ccccc2)c([C@@H](C)F)cc1C. The van der Waals surface area contributed by atoms with Crippen molar-refractivity contribution in [2.24, 2.45) is 0 Å². The molecule has 0 saturated carbocycles. The molecule has 2 aromatic rings. The van der Waals surface area contributed by atoms with Crippen LogP contribution in [0.4, 0.5) is 4.39 Å². The van der Waals surface area contributed by atoms with Crippen LogP contribution >= 0.6 is 0 Å². The van der Waals surface area contributed by atoms with Crippen LogP contribution in [0.25, 0.3) is 0 Å². The molecule has 0 aromatic heterocycles. The summed E-state index contributed by atoms with van der Waals surface area (Å²) in [6.45, 7) is 5.33. The summed E-state index contributed by atoms with van der Waals surface area (Å²) in [5.41, 5.74) is 3.53. The third-order valence-electron chi connectivity index (χ3n) is 3.38. The van der Waals surface area contributed by atoms with Crippen LogP contribution in [0.3, 0.4) is 0 Å². The number of ketones is 1. The van der Waals surface area contributed by atoms with Crippen LogP contribution in [0, 0.1) is 13.8 Å². The molecule has 0 aliphatic carbocycles. The normalized spacial score (nSPS) is 12.2. The van der Waals surface area contributed by atoms with E-state index in [-0.39, 0.29) is 5.78 Å². The quantitative estimate of drug-likeness (QED) is 0.735. The van der Waals surface area contributed by atoms with Gasteiger partial charge in [-0.2, -0.15) is 0 Å². The van der Waals surface area contributed by atoms with Gasteiger partial charge in [0.05, 0.1) is 0 Å². The van der Waals surface area contributed by atoms with Gasteiger partial charge in [0.1, 0.15) is 6.17 Å². The maximum atomic E-state index is 13.7. The van der Waals surface area contributed by atoms with Crippen molar-refractivity contribution in [2.75, 3.05) is 0 Å². The second-order valence-corrected chi connectivity index (χ2v) is 4.83. The van der Waals surface area contributed by atoms with Crippen molar-refractivity contribution in [1.82, 2.24) is 0 Å². The number of carbonyl (C=O) groups excluding carboxylic acids is 1. The van der Waals surface area contributed by atoms with E-state index in [0.29, 0.717) is 16.7 Å². The Morgan fingerprint density at radius 3 is 2.21 bits per heavy atom. The van der Waals surface area contributed by atoms with Gasteiger partial charge >= 0.3 is 0 Å². The molecule has 1 nitrogen and oxygen atoms in total. The molecule has 0 spiro atoms. The first-order valence-electron chi connectivity index (χ1n) is 6.35. The van der Waals surface area contributed by atoms with Gasteiger partial charge in [0.2, 0.25) is 0 Å². The smallest absolute Gasteiger partial charge is 0.193 e. The second-order valence-electron chi connectivity index (χ2n) is 4.83. The lowest BCUT2D eigenvalue weighted by atomic mass is 9.92. The van der Waals surface area contributed by atoms with Crippen molar-refractivity contribution in [3.8, 4) is 0 Å². The average Bonchev–Trinajstić information content (AvgIpc) is 2.41. The Morgan fingerprint density at radius 1 is 1.05 bits per heavy atom. The predicted octanol–water partition coefficient (Wildman–Crippen LogP) is 4.56. The molecule has 0 amide bonds. The molecular weight excluding hydrogens is 239 g/mol. The zero-order chi connectivity index (χ0) is 14.0. The molecule has 1 atom stereocenters. The summed E-state index contributed by atoms with van der Waals surface area (Å²) in [5.74, 6) is -0.122. The van der Waals surface area contributed by atoms with Gasteiger partial charge in [-0.05, 0) is 43.5 Å². The number of carbonyl (C=O) groups is 1. The molecule has 0 saturated heterocycles. The molecular formula is C17H17FO. The highest BCUT2D eigenvalue weighted by Crippen LogP contribution is 2.26. The molecule has 0 heterocycles. The Labute approximate surface area is 113 Å². The lowest BCUT2D eigenvalue weighted by Crippen LogP contribution is -2.07. The molecule has 2 heteroatoms. The summed E-state index contributed by atoms with van der Waals surface area (Å²) in [6.07, 6.45) is -1.15. The molecule has 0 unspecified atom stereocenters. The summed E-state index contributed by atoms with van der Waals surface area (Å²) in [4.78, 5) is 12.5. The van der Waals surface area contributed by atoms with E-state index in [1.165, 1.54) is 6.92 Å². The standard InChI is InChI=1S/C17H17FO/c1-11-9-15(13(3)18)16(10-12(11)2)17(19)14-7-5-4-6-8-14/h4-10,13H,1-3H3/t13-/m1/s1. The fourth-order valence-electron chi connectivity index (χ4n) is 2.11. The summed E-state index contributed by atoms with van der Waals surface area (Å²) < 4.78 is 13.7. The third kappa shape index (κ3) is 2.73. The van der Waals surface area contributed by atoms with E-state index in [1.807, 2.05) is 32.0 Å². The van der Waals surface area contributed by atoms with E-state index in [9.17, 15) is 9.18 Å². The van der Waals surface area contributed by atoms with E-state index >= 15 is 0 Å². The Morgan fingerprint density at radius 2 is 1.63 bits per heavy atom. The molecule has 0 radical (unpaired) electrons. The average molecular weight is 256 g/mol. The molecule has 0 bridgehead atoms. The highest BCUT2D eigenvalue weighted by Gasteiger charge is 2.18. The fourth-order valence-corrected chi connectivity index (χ4v) is 2.11. The zero-order valence-corrected chi connectivity index (χ0v) is 11.4. The summed E-state index contributed by atoms with van der Waals surface area (Å²) in [5, 5.41) is 0. The number of aryl methyl sites for hydroxylation is 2. The largest absolute Gasteiger partial charge is 0.289 e. The second kappa shape index (κ2) is 5.35. The Balaban J connectivity index is 2.56. The molecule has 98 valence electrons. The molecule has 0 fully saturated rings. The van der Waals surface area contributed by atoms with Gasteiger partial charge in [-0.15, -0.1) is 0 Å². The molecule has 2 aromatic carbocycles. The van der Waals surface area contributed by atoms with E-state index in [1.54, 1.807) is 24.3 Å². The van der Waals surface area contributed by atoms with Crippen LogP contribution in [-0.4, -0.2) is 5.78 Å². The van der Waals surface area contributed by atoms with E-state index in [4.69, 9.17) is 0 Å². The van der Waals surface area contributed by atoms with Gasteiger partial charge in [-0.25, -0.2) is 4.39 Å². The molecule has 0 aliphatic rings. The monoisotopic (exact) mass is 256 g/mol. The van der Waals surface area contributed by atoms with Gasteiger partial charge in [0, 0.05) is 11.1 Å². The Hall–Kier alpha value is -1.96.